The van der Waals surface area contributed by atoms with E-state index in [-0.39, 0.29) is 12.3 Å². The molecule has 0 aromatic rings. The van der Waals surface area contributed by atoms with Crippen LogP contribution in [-0.4, -0.2) is 42.9 Å². The largest absolute Gasteiger partial charge is 0.468 e. The maximum atomic E-state index is 13.3. The molecule has 0 aromatic carbocycles. The van der Waals surface area contributed by atoms with Gasteiger partial charge in [-0.05, 0) is 25.7 Å². The van der Waals surface area contributed by atoms with Crippen LogP contribution in [0.1, 0.15) is 32.1 Å². The third-order valence-electron chi connectivity index (χ3n) is 4.95. The number of halogens is 2. The fraction of sp³-hybridized carbons (Fsp3) is 0.846. The predicted octanol–water partition coefficient (Wildman–Crippen LogP) is 1.59. The Hall–Kier alpha value is -1.20. The molecule has 1 amide bonds. The molecule has 3 aliphatic rings. The van der Waals surface area contributed by atoms with Crippen molar-refractivity contribution in [3.05, 3.63) is 0 Å². The van der Waals surface area contributed by atoms with Gasteiger partial charge in [0.15, 0.2) is 0 Å². The molecule has 19 heavy (non-hydrogen) atoms. The molecule has 4 nitrogen and oxygen atoms in total. The first-order valence-corrected chi connectivity index (χ1v) is 6.63. The van der Waals surface area contributed by atoms with E-state index in [1.54, 1.807) is 4.90 Å². The number of hydrogen-bond donors (Lipinski definition) is 0. The number of methoxy groups -OCH3 is 1. The number of alkyl halides is 2. The smallest absolute Gasteiger partial charge is 0.321 e. The molecule has 1 spiro atoms. The molecule has 0 atom stereocenters. The van der Waals surface area contributed by atoms with Crippen LogP contribution in [0, 0.1) is 10.8 Å². The molecule has 0 unspecified atom stereocenters. The van der Waals surface area contributed by atoms with Crippen molar-refractivity contribution in [1.29, 1.82) is 0 Å². The van der Waals surface area contributed by atoms with Gasteiger partial charge < -0.3 is 9.64 Å². The van der Waals surface area contributed by atoms with Crippen molar-refractivity contribution in [2.24, 2.45) is 10.8 Å². The Labute approximate surface area is 110 Å². The van der Waals surface area contributed by atoms with Crippen molar-refractivity contribution in [3.63, 3.8) is 0 Å². The lowest BCUT2D eigenvalue weighted by Gasteiger charge is -2.34. The average Bonchev–Trinajstić information content (AvgIpc) is 3.27. The third-order valence-corrected chi connectivity index (χ3v) is 4.95. The fourth-order valence-electron chi connectivity index (χ4n) is 3.19. The van der Waals surface area contributed by atoms with Gasteiger partial charge in [0.25, 0.3) is 5.92 Å². The zero-order chi connectivity index (χ0) is 13.9. The van der Waals surface area contributed by atoms with E-state index >= 15 is 0 Å². The summed E-state index contributed by atoms with van der Waals surface area (Å²) in [6.45, 7) is 0.653. The number of hydrogen-bond acceptors (Lipinski definition) is 3. The van der Waals surface area contributed by atoms with Crippen molar-refractivity contribution in [2.75, 3.05) is 20.2 Å². The summed E-state index contributed by atoms with van der Waals surface area (Å²) in [6.07, 6.45) is 1.64. The molecule has 1 aliphatic heterocycles. The highest BCUT2D eigenvalue weighted by Crippen LogP contribution is 2.66. The Balaban J connectivity index is 1.64. The normalized spacial score (nSPS) is 28.9. The Morgan fingerprint density at radius 2 is 1.63 bits per heavy atom. The standard InChI is InChI=1S/C13H17F2NO3/c1-19-10(18)12(2-3-12)9(17)16-6-4-11(5-7-16)8-13(11,14)15/h2-8H2,1H3. The summed E-state index contributed by atoms with van der Waals surface area (Å²) in [5.74, 6) is -3.28. The Morgan fingerprint density at radius 1 is 1.11 bits per heavy atom. The molecule has 3 fully saturated rings. The van der Waals surface area contributed by atoms with Gasteiger partial charge >= 0.3 is 5.97 Å². The van der Waals surface area contributed by atoms with Crippen LogP contribution in [0.25, 0.3) is 0 Å². The molecule has 106 valence electrons. The van der Waals surface area contributed by atoms with E-state index in [4.69, 9.17) is 0 Å². The molecule has 6 heteroatoms. The van der Waals surface area contributed by atoms with Crippen LogP contribution in [0.5, 0.6) is 0 Å². The van der Waals surface area contributed by atoms with Crippen molar-refractivity contribution < 1.29 is 23.1 Å². The average molecular weight is 273 g/mol. The van der Waals surface area contributed by atoms with Crippen LogP contribution in [0.4, 0.5) is 8.78 Å². The minimum Gasteiger partial charge on any atom is -0.468 e. The molecule has 2 saturated carbocycles. The third kappa shape index (κ3) is 1.68. The lowest BCUT2D eigenvalue weighted by atomic mass is 9.91. The molecular weight excluding hydrogens is 256 g/mol. The van der Waals surface area contributed by atoms with Crippen molar-refractivity contribution in [2.45, 2.75) is 38.0 Å². The number of carbonyl (C=O) groups excluding carboxylic acids is 2. The monoisotopic (exact) mass is 273 g/mol. The predicted molar refractivity (Wildman–Crippen MR) is 61.5 cm³/mol. The summed E-state index contributed by atoms with van der Waals surface area (Å²) >= 11 is 0. The number of likely N-dealkylation sites (tertiary alicyclic amines) is 1. The number of carbonyl (C=O) groups is 2. The summed E-state index contributed by atoms with van der Waals surface area (Å²) < 4.78 is 31.2. The van der Waals surface area contributed by atoms with Gasteiger partial charge in [-0.2, -0.15) is 0 Å². The first-order valence-electron chi connectivity index (χ1n) is 6.63. The highest BCUT2D eigenvalue weighted by atomic mass is 19.3. The van der Waals surface area contributed by atoms with Crippen LogP contribution in [0.15, 0.2) is 0 Å². The lowest BCUT2D eigenvalue weighted by molar-refractivity contribution is -0.157. The second-order valence-corrected chi connectivity index (χ2v) is 6.03. The number of rotatable bonds is 2. The van der Waals surface area contributed by atoms with Crippen LogP contribution in [-0.2, 0) is 14.3 Å². The number of esters is 1. The number of nitrogens with zero attached hydrogens (tertiary/aromatic N) is 1. The van der Waals surface area contributed by atoms with E-state index in [1.165, 1.54) is 7.11 Å². The molecule has 1 saturated heterocycles. The summed E-state index contributed by atoms with van der Waals surface area (Å²) in [5, 5.41) is 0. The van der Waals surface area contributed by atoms with Crippen LogP contribution in [0.2, 0.25) is 0 Å². The minimum atomic E-state index is -2.55. The topological polar surface area (TPSA) is 46.6 Å². The van der Waals surface area contributed by atoms with Crippen LogP contribution < -0.4 is 0 Å². The molecule has 0 N–H and O–H groups in total. The Kier molecular flexibility index (Phi) is 2.48. The summed E-state index contributed by atoms with van der Waals surface area (Å²) in [5.41, 5.74) is -1.88. The van der Waals surface area contributed by atoms with E-state index < -0.39 is 22.7 Å². The van der Waals surface area contributed by atoms with E-state index in [9.17, 15) is 18.4 Å². The highest BCUT2D eigenvalue weighted by molar-refractivity contribution is 6.05. The minimum absolute atomic E-state index is 0.0514. The quantitative estimate of drug-likeness (QED) is 0.567. The highest BCUT2D eigenvalue weighted by Gasteiger charge is 2.71. The lowest BCUT2D eigenvalue weighted by Crippen LogP contribution is -2.46. The maximum Gasteiger partial charge on any atom is 0.321 e. The maximum absolute atomic E-state index is 13.3. The van der Waals surface area contributed by atoms with Gasteiger partial charge in [0, 0.05) is 24.9 Å². The van der Waals surface area contributed by atoms with Crippen LogP contribution in [0.3, 0.4) is 0 Å². The molecule has 3 rings (SSSR count). The van der Waals surface area contributed by atoms with Crippen LogP contribution >= 0.6 is 0 Å². The zero-order valence-electron chi connectivity index (χ0n) is 10.9. The van der Waals surface area contributed by atoms with Crippen molar-refractivity contribution in [1.82, 2.24) is 4.90 Å². The second kappa shape index (κ2) is 3.67. The molecule has 0 bridgehead atoms. The van der Waals surface area contributed by atoms with Crippen molar-refractivity contribution in [3.8, 4) is 0 Å². The molecule has 1 heterocycles. The number of piperidine rings is 1. The molecule has 0 aromatic heterocycles. The van der Waals surface area contributed by atoms with Gasteiger partial charge in [-0.1, -0.05) is 0 Å². The van der Waals surface area contributed by atoms with Gasteiger partial charge in [-0.3, -0.25) is 9.59 Å². The molecule has 0 radical (unpaired) electrons. The summed E-state index contributed by atoms with van der Waals surface area (Å²) in [4.78, 5) is 25.5. The molecular formula is C13H17F2NO3. The Bertz CT molecular complexity index is 437. The van der Waals surface area contributed by atoms with Gasteiger partial charge in [0.05, 0.1) is 7.11 Å². The van der Waals surface area contributed by atoms with Gasteiger partial charge in [-0.15, -0.1) is 0 Å². The first-order chi connectivity index (χ1) is 8.87. The summed E-state index contributed by atoms with van der Waals surface area (Å²) in [6, 6.07) is 0. The Morgan fingerprint density at radius 3 is 2.00 bits per heavy atom. The van der Waals surface area contributed by atoms with Gasteiger partial charge in [0.2, 0.25) is 5.91 Å². The molecule has 2 aliphatic carbocycles. The fourth-order valence-corrected chi connectivity index (χ4v) is 3.19. The second-order valence-electron chi connectivity index (χ2n) is 6.03. The first kappa shape index (κ1) is 12.8. The van der Waals surface area contributed by atoms with E-state index in [2.05, 4.69) is 4.74 Å². The van der Waals surface area contributed by atoms with Gasteiger partial charge in [-0.25, -0.2) is 8.78 Å². The SMILES string of the molecule is COC(=O)C1(C(=O)N2CCC3(CC2)CC3(F)F)CC1. The van der Waals surface area contributed by atoms with Gasteiger partial charge in [0.1, 0.15) is 5.41 Å². The zero-order valence-corrected chi connectivity index (χ0v) is 10.9. The van der Waals surface area contributed by atoms with E-state index in [0.717, 1.165) is 0 Å². The number of amides is 1. The van der Waals surface area contributed by atoms with Crippen molar-refractivity contribution >= 4 is 11.9 Å². The number of ether oxygens (including phenoxy) is 1. The summed E-state index contributed by atoms with van der Waals surface area (Å²) in [7, 11) is 1.27. The van der Waals surface area contributed by atoms with E-state index in [1.807, 2.05) is 0 Å². The van der Waals surface area contributed by atoms with E-state index in [0.29, 0.717) is 38.8 Å².